The van der Waals surface area contributed by atoms with E-state index in [1.54, 1.807) is 12.1 Å². The van der Waals surface area contributed by atoms with Crippen LogP contribution in [0.1, 0.15) is 40.9 Å². The third-order valence-corrected chi connectivity index (χ3v) is 5.78. The van der Waals surface area contributed by atoms with Gasteiger partial charge in [0.15, 0.2) is 0 Å². The summed E-state index contributed by atoms with van der Waals surface area (Å²) in [6, 6.07) is 5.70. The lowest BCUT2D eigenvalue weighted by molar-refractivity contribution is 0.0943. The number of hydrogen-bond donors (Lipinski definition) is 3. The highest BCUT2D eigenvalue weighted by Gasteiger charge is 2.26. The van der Waals surface area contributed by atoms with Gasteiger partial charge in [0.05, 0.1) is 17.5 Å². The molecule has 0 unspecified atom stereocenters. The molecule has 132 valence electrons. The molecule has 1 amide bonds. The van der Waals surface area contributed by atoms with E-state index >= 15 is 0 Å². The van der Waals surface area contributed by atoms with Gasteiger partial charge in [-0.15, -0.1) is 11.3 Å². The van der Waals surface area contributed by atoms with Crippen molar-refractivity contribution in [3.05, 3.63) is 28.8 Å². The van der Waals surface area contributed by atoms with E-state index in [2.05, 4.69) is 16.4 Å². The van der Waals surface area contributed by atoms with Crippen LogP contribution in [0, 0.1) is 11.3 Å². The molecule has 5 N–H and O–H groups in total. The monoisotopic (exact) mass is 367 g/mol. The molecule has 4 rings (SSSR count). The fraction of sp³-hybridized carbons (Fsp3) is 0.278. The standard InChI is InChI=1S/C18H17N5O2S/c19-8-10-12(11-6-3-7-25-11)13-14(20)15(26-18(13)23-16(10)21)17(24)22-9-4-1-2-5-9/h3,6-7,9H,1-2,4-5,20H2,(H2,21,23)(H,22,24). The predicted molar refractivity (Wildman–Crippen MR) is 101 cm³/mol. The number of nitrogen functional groups attached to an aromatic ring is 2. The zero-order chi connectivity index (χ0) is 18.3. The molecule has 3 aromatic rings. The van der Waals surface area contributed by atoms with Crippen LogP contribution in [0.4, 0.5) is 11.5 Å². The second kappa shape index (κ2) is 6.35. The van der Waals surface area contributed by atoms with Crippen molar-refractivity contribution in [1.29, 1.82) is 5.26 Å². The van der Waals surface area contributed by atoms with Crippen LogP contribution in [-0.2, 0) is 0 Å². The Morgan fingerprint density at radius 3 is 2.81 bits per heavy atom. The van der Waals surface area contributed by atoms with E-state index in [4.69, 9.17) is 15.9 Å². The van der Waals surface area contributed by atoms with Crippen molar-refractivity contribution < 1.29 is 9.21 Å². The molecule has 26 heavy (non-hydrogen) atoms. The average Bonchev–Trinajstić information content (AvgIpc) is 3.35. The molecule has 0 saturated heterocycles. The number of fused-ring (bicyclic) bond motifs is 1. The topological polar surface area (TPSA) is 131 Å². The zero-order valence-corrected chi connectivity index (χ0v) is 14.7. The second-order valence-electron chi connectivity index (χ2n) is 6.32. The van der Waals surface area contributed by atoms with Crippen LogP contribution < -0.4 is 16.8 Å². The van der Waals surface area contributed by atoms with Crippen LogP contribution in [0.2, 0.25) is 0 Å². The summed E-state index contributed by atoms with van der Waals surface area (Å²) < 4.78 is 5.47. The number of anilines is 2. The van der Waals surface area contributed by atoms with E-state index in [0.717, 1.165) is 25.7 Å². The lowest BCUT2D eigenvalue weighted by Crippen LogP contribution is -2.32. The summed E-state index contributed by atoms with van der Waals surface area (Å²) in [5.41, 5.74) is 13.3. The molecule has 3 aromatic heterocycles. The lowest BCUT2D eigenvalue weighted by atomic mass is 10.0. The van der Waals surface area contributed by atoms with E-state index < -0.39 is 0 Å². The number of nitrogens with zero attached hydrogens (tertiary/aromatic N) is 2. The number of carbonyl (C=O) groups excluding carboxylic acids is 1. The highest BCUT2D eigenvalue weighted by Crippen LogP contribution is 2.42. The summed E-state index contributed by atoms with van der Waals surface area (Å²) in [6.45, 7) is 0. The van der Waals surface area contributed by atoms with Crippen molar-refractivity contribution in [2.24, 2.45) is 0 Å². The Morgan fingerprint density at radius 2 is 2.15 bits per heavy atom. The molecule has 7 nitrogen and oxygen atoms in total. The van der Waals surface area contributed by atoms with Gasteiger partial charge in [0.2, 0.25) is 0 Å². The summed E-state index contributed by atoms with van der Waals surface area (Å²) in [5.74, 6) is 0.350. The van der Waals surface area contributed by atoms with Gasteiger partial charge in [-0.1, -0.05) is 12.8 Å². The number of nitrogens with one attached hydrogen (secondary N) is 1. The first-order valence-corrected chi connectivity index (χ1v) is 9.18. The molecule has 1 aliphatic carbocycles. The summed E-state index contributed by atoms with van der Waals surface area (Å²) >= 11 is 1.18. The Balaban J connectivity index is 1.88. The van der Waals surface area contributed by atoms with Gasteiger partial charge in [-0.2, -0.15) is 5.26 Å². The van der Waals surface area contributed by atoms with Gasteiger partial charge in [0, 0.05) is 11.4 Å². The van der Waals surface area contributed by atoms with Gasteiger partial charge >= 0.3 is 0 Å². The van der Waals surface area contributed by atoms with Crippen molar-refractivity contribution in [3.8, 4) is 17.4 Å². The summed E-state index contributed by atoms with van der Waals surface area (Å²) in [6.07, 6.45) is 5.73. The normalized spacial score (nSPS) is 14.6. The average molecular weight is 367 g/mol. The number of carbonyl (C=O) groups is 1. The summed E-state index contributed by atoms with van der Waals surface area (Å²) in [5, 5.41) is 13.1. The van der Waals surface area contributed by atoms with E-state index in [9.17, 15) is 10.1 Å². The number of nitrogens with two attached hydrogens (primary N) is 2. The first kappa shape index (κ1) is 16.4. The minimum Gasteiger partial charge on any atom is -0.464 e. The van der Waals surface area contributed by atoms with Crippen molar-refractivity contribution in [1.82, 2.24) is 10.3 Å². The predicted octanol–water partition coefficient (Wildman–Crippen LogP) is 3.26. The highest BCUT2D eigenvalue weighted by atomic mass is 32.1. The lowest BCUT2D eigenvalue weighted by Gasteiger charge is -2.11. The maximum atomic E-state index is 12.7. The SMILES string of the molecule is N#Cc1c(N)nc2sc(C(=O)NC3CCCC3)c(N)c2c1-c1ccco1. The number of thiophene rings is 1. The number of nitriles is 1. The molecule has 0 aromatic carbocycles. The Labute approximate surface area is 153 Å². The van der Waals surface area contributed by atoms with Crippen LogP contribution in [0.25, 0.3) is 21.5 Å². The van der Waals surface area contributed by atoms with Crippen LogP contribution in [0.5, 0.6) is 0 Å². The number of pyridine rings is 1. The third-order valence-electron chi connectivity index (χ3n) is 4.68. The Hall–Kier alpha value is -3.05. The largest absolute Gasteiger partial charge is 0.464 e. The van der Waals surface area contributed by atoms with Crippen molar-refractivity contribution in [2.45, 2.75) is 31.7 Å². The van der Waals surface area contributed by atoms with E-state index in [0.29, 0.717) is 32.1 Å². The van der Waals surface area contributed by atoms with Crippen molar-refractivity contribution >= 4 is 39.0 Å². The fourth-order valence-electron chi connectivity index (χ4n) is 3.44. The molecule has 3 heterocycles. The smallest absolute Gasteiger partial charge is 0.263 e. The van der Waals surface area contributed by atoms with Gasteiger partial charge < -0.3 is 21.2 Å². The Bertz CT molecular complexity index is 1030. The molecule has 0 spiro atoms. The van der Waals surface area contributed by atoms with E-state index in [1.165, 1.54) is 17.6 Å². The van der Waals surface area contributed by atoms with Crippen LogP contribution in [-0.4, -0.2) is 16.9 Å². The molecule has 0 bridgehead atoms. The van der Waals surface area contributed by atoms with Gasteiger partial charge in [0.1, 0.15) is 32.9 Å². The molecule has 0 atom stereocenters. The second-order valence-corrected chi connectivity index (χ2v) is 7.32. The van der Waals surface area contributed by atoms with E-state index in [1.807, 2.05) is 0 Å². The van der Waals surface area contributed by atoms with Gasteiger partial charge in [0.25, 0.3) is 5.91 Å². The number of furan rings is 1. The third kappa shape index (κ3) is 2.57. The molecule has 1 aliphatic rings. The molecular weight excluding hydrogens is 350 g/mol. The molecule has 1 saturated carbocycles. The highest BCUT2D eigenvalue weighted by molar-refractivity contribution is 7.21. The zero-order valence-electron chi connectivity index (χ0n) is 13.9. The maximum absolute atomic E-state index is 12.7. The minimum atomic E-state index is -0.208. The molecule has 1 fully saturated rings. The maximum Gasteiger partial charge on any atom is 0.263 e. The fourth-order valence-corrected chi connectivity index (χ4v) is 4.46. The molecular formula is C18H17N5O2S. The van der Waals surface area contributed by atoms with Gasteiger partial charge in [-0.05, 0) is 25.0 Å². The summed E-state index contributed by atoms with van der Waals surface area (Å²) in [4.78, 5) is 17.9. The first-order valence-electron chi connectivity index (χ1n) is 8.36. The van der Waals surface area contributed by atoms with E-state index in [-0.39, 0.29) is 23.3 Å². The van der Waals surface area contributed by atoms with Crippen LogP contribution >= 0.6 is 11.3 Å². The quantitative estimate of drug-likeness (QED) is 0.651. The van der Waals surface area contributed by atoms with Crippen LogP contribution in [0.15, 0.2) is 22.8 Å². The number of aromatic nitrogens is 1. The number of amides is 1. The van der Waals surface area contributed by atoms with Crippen molar-refractivity contribution in [2.75, 3.05) is 11.5 Å². The Kier molecular flexibility index (Phi) is 4.01. The molecule has 0 radical (unpaired) electrons. The first-order chi connectivity index (χ1) is 12.6. The number of hydrogen-bond acceptors (Lipinski definition) is 7. The molecule has 8 heteroatoms. The van der Waals surface area contributed by atoms with Gasteiger partial charge in [-0.25, -0.2) is 4.98 Å². The number of rotatable bonds is 3. The Morgan fingerprint density at radius 1 is 1.38 bits per heavy atom. The summed E-state index contributed by atoms with van der Waals surface area (Å²) in [7, 11) is 0. The van der Waals surface area contributed by atoms with Crippen LogP contribution in [0.3, 0.4) is 0 Å². The molecule has 0 aliphatic heterocycles. The van der Waals surface area contributed by atoms with Crippen molar-refractivity contribution in [3.63, 3.8) is 0 Å². The minimum absolute atomic E-state index is 0.0930. The van der Waals surface area contributed by atoms with Gasteiger partial charge in [-0.3, -0.25) is 4.79 Å².